The molecule has 0 saturated carbocycles. The number of anilines is 1. The Kier molecular flexibility index (Phi) is 4.47. The normalized spacial score (nSPS) is 11.0. The van der Waals surface area contributed by atoms with Gasteiger partial charge in [-0.15, -0.1) is 0 Å². The standard InChI is InChI=1S/C14H13Cl2N3O/c1-18(2)11-5-3-10(4-6-11)7-8-19-14(20)13(16)12(15)9-17-19/h3-9H,1-2H3. The predicted octanol–water partition coefficient (Wildman–Crippen LogP) is 3.24. The Morgan fingerprint density at radius 1 is 1.20 bits per heavy atom. The first kappa shape index (κ1) is 14.6. The lowest BCUT2D eigenvalue weighted by atomic mass is 10.2. The molecule has 1 aromatic carbocycles. The molecule has 0 aliphatic heterocycles. The molecule has 0 aliphatic rings. The van der Waals surface area contributed by atoms with Crippen LogP contribution in [0.1, 0.15) is 5.56 Å². The van der Waals surface area contributed by atoms with Crippen molar-refractivity contribution in [1.29, 1.82) is 0 Å². The summed E-state index contributed by atoms with van der Waals surface area (Å²) >= 11 is 11.5. The van der Waals surface area contributed by atoms with Gasteiger partial charge in [0, 0.05) is 26.0 Å². The Morgan fingerprint density at radius 2 is 1.85 bits per heavy atom. The van der Waals surface area contributed by atoms with E-state index in [1.165, 1.54) is 6.20 Å². The molecule has 0 amide bonds. The van der Waals surface area contributed by atoms with Crippen LogP contribution in [0.4, 0.5) is 5.69 Å². The van der Waals surface area contributed by atoms with Crippen LogP contribution >= 0.6 is 23.2 Å². The van der Waals surface area contributed by atoms with E-state index in [2.05, 4.69) is 5.10 Å². The van der Waals surface area contributed by atoms with Gasteiger partial charge in [-0.1, -0.05) is 35.3 Å². The molecule has 6 heteroatoms. The average Bonchev–Trinajstić information content (AvgIpc) is 2.44. The van der Waals surface area contributed by atoms with Crippen molar-refractivity contribution in [2.24, 2.45) is 0 Å². The minimum atomic E-state index is -0.444. The first-order valence-electron chi connectivity index (χ1n) is 5.87. The van der Waals surface area contributed by atoms with Crippen LogP contribution in [0.15, 0.2) is 35.3 Å². The molecule has 0 aliphatic carbocycles. The Balaban J connectivity index is 2.26. The van der Waals surface area contributed by atoms with E-state index in [0.717, 1.165) is 15.9 Å². The van der Waals surface area contributed by atoms with Gasteiger partial charge in [0.05, 0.1) is 11.2 Å². The van der Waals surface area contributed by atoms with E-state index in [9.17, 15) is 4.79 Å². The molecule has 0 N–H and O–H groups in total. The van der Waals surface area contributed by atoms with Crippen molar-refractivity contribution in [1.82, 2.24) is 9.78 Å². The topological polar surface area (TPSA) is 38.1 Å². The van der Waals surface area contributed by atoms with Crippen LogP contribution in [0.5, 0.6) is 0 Å². The fourth-order valence-corrected chi connectivity index (χ4v) is 1.83. The zero-order chi connectivity index (χ0) is 14.7. The van der Waals surface area contributed by atoms with Crippen LogP contribution < -0.4 is 10.5 Å². The van der Waals surface area contributed by atoms with Crippen LogP contribution in [0.2, 0.25) is 10.0 Å². The quantitative estimate of drug-likeness (QED) is 0.873. The summed E-state index contributed by atoms with van der Waals surface area (Å²) in [5.74, 6) is 0. The van der Waals surface area contributed by atoms with E-state index in [4.69, 9.17) is 23.2 Å². The number of benzene rings is 1. The SMILES string of the molecule is CN(C)c1ccc(C=Cn2ncc(Cl)c(Cl)c2=O)cc1. The largest absolute Gasteiger partial charge is 0.378 e. The summed E-state index contributed by atoms with van der Waals surface area (Å²) < 4.78 is 1.15. The molecule has 0 atom stereocenters. The lowest BCUT2D eigenvalue weighted by molar-refractivity contribution is 0.855. The maximum absolute atomic E-state index is 11.8. The molecule has 1 heterocycles. The van der Waals surface area contributed by atoms with Gasteiger partial charge in [0.25, 0.3) is 5.56 Å². The molecule has 0 radical (unpaired) electrons. The maximum Gasteiger partial charge on any atom is 0.291 e. The Labute approximate surface area is 126 Å². The second kappa shape index (κ2) is 6.11. The third-order valence-corrected chi connectivity index (χ3v) is 3.47. The third-order valence-electron chi connectivity index (χ3n) is 2.72. The first-order chi connectivity index (χ1) is 9.49. The molecular formula is C14H13Cl2N3O. The number of aromatic nitrogens is 2. The van der Waals surface area contributed by atoms with E-state index in [1.807, 2.05) is 43.3 Å². The van der Waals surface area contributed by atoms with Crippen molar-refractivity contribution >= 4 is 41.2 Å². The summed E-state index contributed by atoms with van der Waals surface area (Å²) in [5, 5.41) is 4.01. The second-order valence-corrected chi connectivity index (χ2v) is 5.14. The van der Waals surface area contributed by atoms with Crippen LogP contribution in [0, 0.1) is 0 Å². The van der Waals surface area contributed by atoms with E-state index < -0.39 is 5.56 Å². The van der Waals surface area contributed by atoms with E-state index in [0.29, 0.717) is 0 Å². The zero-order valence-corrected chi connectivity index (χ0v) is 12.6. The highest BCUT2D eigenvalue weighted by Gasteiger charge is 2.04. The van der Waals surface area contributed by atoms with Gasteiger partial charge in [0.2, 0.25) is 0 Å². The molecule has 0 fully saturated rings. The number of hydrogen-bond donors (Lipinski definition) is 0. The summed E-state index contributed by atoms with van der Waals surface area (Å²) in [5.41, 5.74) is 1.61. The van der Waals surface area contributed by atoms with Gasteiger partial charge < -0.3 is 4.90 Å². The summed E-state index contributed by atoms with van der Waals surface area (Å²) in [7, 11) is 3.95. The fourth-order valence-electron chi connectivity index (χ4n) is 1.57. The molecule has 0 unspecified atom stereocenters. The Morgan fingerprint density at radius 3 is 2.45 bits per heavy atom. The Bertz CT molecular complexity index is 691. The number of rotatable bonds is 3. The van der Waals surface area contributed by atoms with E-state index >= 15 is 0 Å². The molecule has 0 spiro atoms. The van der Waals surface area contributed by atoms with Crippen molar-refractivity contribution in [3.8, 4) is 0 Å². The van der Waals surface area contributed by atoms with Gasteiger partial charge in [0.1, 0.15) is 5.02 Å². The van der Waals surface area contributed by atoms with Crippen molar-refractivity contribution in [3.05, 3.63) is 56.4 Å². The minimum Gasteiger partial charge on any atom is -0.378 e. The summed E-state index contributed by atoms with van der Waals surface area (Å²) in [6.45, 7) is 0. The maximum atomic E-state index is 11.8. The molecule has 1 aromatic heterocycles. The predicted molar refractivity (Wildman–Crippen MR) is 84.5 cm³/mol. The van der Waals surface area contributed by atoms with E-state index in [1.54, 1.807) is 12.3 Å². The average molecular weight is 310 g/mol. The summed E-state index contributed by atoms with van der Waals surface area (Å²) in [4.78, 5) is 13.8. The molecule has 20 heavy (non-hydrogen) atoms. The smallest absolute Gasteiger partial charge is 0.291 e. The lowest BCUT2D eigenvalue weighted by Crippen LogP contribution is -2.18. The fraction of sp³-hybridized carbons (Fsp3) is 0.143. The zero-order valence-electron chi connectivity index (χ0n) is 11.0. The van der Waals surface area contributed by atoms with E-state index in [-0.39, 0.29) is 10.0 Å². The molecule has 4 nitrogen and oxygen atoms in total. The highest BCUT2D eigenvalue weighted by Crippen LogP contribution is 2.15. The van der Waals surface area contributed by atoms with Crippen LogP contribution in [0.25, 0.3) is 12.3 Å². The second-order valence-electron chi connectivity index (χ2n) is 4.36. The minimum absolute atomic E-state index is 0.0331. The van der Waals surface area contributed by atoms with Gasteiger partial charge in [-0.3, -0.25) is 4.79 Å². The van der Waals surface area contributed by atoms with Crippen molar-refractivity contribution in [2.75, 3.05) is 19.0 Å². The molecule has 2 rings (SSSR count). The van der Waals surface area contributed by atoms with Gasteiger partial charge in [-0.05, 0) is 23.8 Å². The van der Waals surface area contributed by atoms with Crippen molar-refractivity contribution in [2.45, 2.75) is 0 Å². The summed E-state index contributed by atoms with van der Waals surface area (Å²) in [6.07, 6.45) is 4.66. The van der Waals surface area contributed by atoms with Crippen LogP contribution in [-0.4, -0.2) is 23.9 Å². The number of hydrogen-bond acceptors (Lipinski definition) is 3. The highest BCUT2D eigenvalue weighted by atomic mass is 35.5. The Hall–Kier alpha value is -1.78. The van der Waals surface area contributed by atoms with Crippen molar-refractivity contribution < 1.29 is 0 Å². The molecule has 0 bridgehead atoms. The van der Waals surface area contributed by atoms with Crippen molar-refractivity contribution in [3.63, 3.8) is 0 Å². The van der Waals surface area contributed by atoms with Crippen LogP contribution in [0.3, 0.4) is 0 Å². The molecule has 104 valence electrons. The third kappa shape index (κ3) is 3.21. The van der Waals surface area contributed by atoms with Gasteiger partial charge in [-0.25, -0.2) is 4.68 Å². The monoisotopic (exact) mass is 309 g/mol. The summed E-state index contributed by atoms with van der Waals surface area (Å²) in [6, 6.07) is 7.89. The molecule has 2 aromatic rings. The number of halogens is 2. The van der Waals surface area contributed by atoms with Gasteiger partial charge >= 0.3 is 0 Å². The highest BCUT2D eigenvalue weighted by molar-refractivity contribution is 6.41. The lowest BCUT2D eigenvalue weighted by Gasteiger charge is -2.11. The van der Waals surface area contributed by atoms with Gasteiger partial charge in [0.15, 0.2) is 0 Å². The molecular weight excluding hydrogens is 297 g/mol. The first-order valence-corrected chi connectivity index (χ1v) is 6.63. The van der Waals surface area contributed by atoms with Gasteiger partial charge in [-0.2, -0.15) is 5.10 Å². The molecule has 0 saturated heterocycles. The van der Waals surface area contributed by atoms with Crippen LogP contribution in [-0.2, 0) is 0 Å². The number of nitrogens with zero attached hydrogens (tertiary/aromatic N) is 3.